The lowest BCUT2D eigenvalue weighted by atomic mass is 9.74. The number of hydrogen-bond acceptors (Lipinski definition) is 12. The molecule has 0 amide bonds. The molecule has 3 fully saturated rings. The van der Waals surface area contributed by atoms with E-state index in [4.69, 9.17) is 28.4 Å². The van der Waals surface area contributed by atoms with Crippen LogP contribution in [0, 0.1) is 29.6 Å². The summed E-state index contributed by atoms with van der Waals surface area (Å²) in [5.41, 5.74) is -2.20. The Kier molecular flexibility index (Phi) is 15.3. The van der Waals surface area contributed by atoms with Crippen LogP contribution in [0.2, 0.25) is 0 Å². The van der Waals surface area contributed by atoms with Crippen molar-refractivity contribution in [3.63, 3.8) is 0 Å². The molecule has 0 unspecified atom stereocenters. The minimum Gasteiger partial charge on any atom is -0.462 e. The summed E-state index contributed by atoms with van der Waals surface area (Å²) in [6.07, 6.45) is -4.99. The fraction of sp³-hybridized carbons (Fsp3) is 0.947. The first-order valence-electron chi connectivity index (χ1n) is 18.9. The van der Waals surface area contributed by atoms with Crippen LogP contribution in [-0.2, 0) is 38.0 Å². The van der Waals surface area contributed by atoms with Gasteiger partial charge < -0.3 is 48.6 Å². The van der Waals surface area contributed by atoms with Crippen molar-refractivity contribution in [3.8, 4) is 0 Å². The van der Waals surface area contributed by atoms with Gasteiger partial charge in [-0.3, -0.25) is 9.59 Å². The fourth-order valence-corrected chi connectivity index (χ4v) is 8.57. The summed E-state index contributed by atoms with van der Waals surface area (Å²) >= 11 is 0. The number of carbonyl (C=O) groups excluding carboxylic acids is 2. The molecular formula is C38H69NO11. The molecule has 50 heavy (non-hydrogen) atoms. The first-order chi connectivity index (χ1) is 23.2. The largest absolute Gasteiger partial charge is 0.462 e. The van der Waals surface area contributed by atoms with Gasteiger partial charge in [-0.25, -0.2) is 0 Å². The number of ketones is 1. The number of nitrogens with zero attached hydrogens (tertiary/aromatic N) is 1. The van der Waals surface area contributed by atoms with Crippen molar-refractivity contribution >= 4 is 11.8 Å². The third-order valence-electron chi connectivity index (χ3n) is 11.9. The van der Waals surface area contributed by atoms with Crippen LogP contribution in [0.3, 0.4) is 0 Å². The molecule has 0 spiro atoms. The first-order valence-corrected chi connectivity index (χ1v) is 18.9. The Morgan fingerprint density at radius 2 is 1.50 bits per heavy atom. The van der Waals surface area contributed by atoms with E-state index >= 15 is 0 Å². The van der Waals surface area contributed by atoms with Crippen molar-refractivity contribution < 1.29 is 53.3 Å². The molecule has 3 rings (SSSR count). The predicted molar refractivity (Wildman–Crippen MR) is 188 cm³/mol. The molecule has 0 bridgehead atoms. The van der Waals surface area contributed by atoms with Gasteiger partial charge in [-0.1, -0.05) is 41.5 Å². The van der Waals surface area contributed by atoms with Gasteiger partial charge in [0, 0.05) is 49.7 Å². The number of hydrogen-bond donors (Lipinski definition) is 3. The average molecular weight is 716 g/mol. The van der Waals surface area contributed by atoms with Crippen LogP contribution < -0.4 is 0 Å². The molecule has 0 radical (unpaired) electrons. The van der Waals surface area contributed by atoms with Crippen LogP contribution in [0.5, 0.6) is 0 Å². The second kappa shape index (κ2) is 17.7. The van der Waals surface area contributed by atoms with Crippen molar-refractivity contribution in [1.29, 1.82) is 0 Å². The highest BCUT2D eigenvalue weighted by atomic mass is 16.7. The van der Waals surface area contributed by atoms with Gasteiger partial charge in [-0.15, -0.1) is 0 Å². The number of aliphatic hydroxyl groups is 3. The molecule has 3 saturated heterocycles. The van der Waals surface area contributed by atoms with Gasteiger partial charge in [0.2, 0.25) is 0 Å². The van der Waals surface area contributed by atoms with E-state index in [2.05, 4.69) is 0 Å². The van der Waals surface area contributed by atoms with Gasteiger partial charge in [0.15, 0.2) is 12.6 Å². The highest BCUT2D eigenvalue weighted by Crippen LogP contribution is 2.40. The van der Waals surface area contributed by atoms with E-state index in [1.165, 1.54) is 0 Å². The monoisotopic (exact) mass is 715 g/mol. The zero-order chi connectivity index (χ0) is 37.9. The van der Waals surface area contributed by atoms with E-state index in [0.717, 1.165) is 0 Å². The number of methoxy groups -OCH3 is 1. The fourth-order valence-electron chi connectivity index (χ4n) is 8.57. The topological polar surface area (TPSA) is 153 Å². The Balaban J connectivity index is 2.15. The lowest BCUT2D eigenvalue weighted by molar-refractivity contribution is -0.310. The molecule has 17 atom stereocenters. The highest BCUT2D eigenvalue weighted by molar-refractivity contribution is 5.83. The first kappa shape index (κ1) is 43.2. The van der Waals surface area contributed by atoms with Crippen LogP contribution >= 0.6 is 0 Å². The minimum atomic E-state index is -1.68. The van der Waals surface area contributed by atoms with Crippen LogP contribution in [0.4, 0.5) is 0 Å². The van der Waals surface area contributed by atoms with Gasteiger partial charge in [0.25, 0.3) is 0 Å². The third kappa shape index (κ3) is 10.0. The number of ether oxygens (including phenoxy) is 6. The normalized spacial score (nSPS) is 47.5. The standard InChI is InChI=1S/C38H69NO11/c1-14-28-23(6)31(41)24(7)30(40)20(3)17-38(11,44)34(50-36-32(42)27(39(12)15-2)16-21(4)47-36)25(8)33(26(9)35(43)48-28)49-29-19-37(10,45-13)18-22(5)46-29/h20-29,31-34,36,41-42,44H,14-19H2,1-13H3/t20-,21-,22+,23+,24-,25-,26-,27+,28+,29+,31+,32-,33+,34-,36+,37+,38-/m1/s1. The SMILES string of the molecule is CC[C@@H]1OC(=O)[C@H](C)[C@@H](O[C@H]2C[C@@](C)(OC)C[C@H](C)O2)[C@@H](C)[C@@H](O[C@@H]2O[C@H](C)C[C@H](N(C)CC)[C@H]2O)[C@](C)(O)C[C@@H](C)C(=O)[C@@H](C)[C@@H](O)[C@H]1C. The Labute approximate surface area is 300 Å². The summed E-state index contributed by atoms with van der Waals surface area (Å²) in [4.78, 5) is 29.9. The van der Waals surface area contributed by atoms with Gasteiger partial charge in [0.1, 0.15) is 18.0 Å². The van der Waals surface area contributed by atoms with Gasteiger partial charge in [-0.2, -0.15) is 0 Å². The van der Waals surface area contributed by atoms with Crippen LogP contribution in [0.15, 0.2) is 0 Å². The molecule has 3 N–H and O–H groups in total. The van der Waals surface area contributed by atoms with Gasteiger partial charge in [-0.05, 0) is 67.5 Å². The minimum absolute atomic E-state index is 0.00952. The van der Waals surface area contributed by atoms with Crippen molar-refractivity contribution in [3.05, 3.63) is 0 Å². The maximum atomic E-state index is 14.1. The van der Waals surface area contributed by atoms with Crippen molar-refractivity contribution in [2.75, 3.05) is 20.7 Å². The van der Waals surface area contributed by atoms with E-state index in [0.29, 0.717) is 32.2 Å². The lowest BCUT2D eigenvalue weighted by Gasteiger charge is -2.48. The Bertz CT molecular complexity index is 1110. The van der Waals surface area contributed by atoms with Gasteiger partial charge >= 0.3 is 5.97 Å². The van der Waals surface area contributed by atoms with E-state index in [1.807, 2.05) is 53.5 Å². The smallest absolute Gasteiger partial charge is 0.311 e. The molecule has 0 aromatic carbocycles. The number of likely N-dealkylation sites (N-methyl/N-ethyl adjacent to an activating group) is 1. The maximum Gasteiger partial charge on any atom is 0.311 e. The van der Waals surface area contributed by atoms with E-state index in [1.54, 1.807) is 41.7 Å². The summed E-state index contributed by atoms with van der Waals surface area (Å²) in [7, 11) is 3.59. The van der Waals surface area contributed by atoms with Crippen molar-refractivity contribution in [1.82, 2.24) is 4.90 Å². The van der Waals surface area contributed by atoms with Crippen LogP contribution in [0.1, 0.15) is 108 Å². The quantitative estimate of drug-likeness (QED) is 0.311. The second-order valence-corrected chi connectivity index (χ2v) is 16.3. The summed E-state index contributed by atoms with van der Waals surface area (Å²) in [6, 6.07) is -0.256. The Morgan fingerprint density at radius 3 is 2.08 bits per heavy atom. The molecule has 12 nitrogen and oxygen atoms in total. The predicted octanol–water partition coefficient (Wildman–Crippen LogP) is 4.09. The third-order valence-corrected chi connectivity index (χ3v) is 11.9. The molecule has 0 saturated carbocycles. The summed E-state index contributed by atoms with van der Waals surface area (Å²) in [5, 5.41) is 35.4. The van der Waals surface area contributed by atoms with E-state index in [-0.39, 0.29) is 30.5 Å². The van der Waals surface area contributed by atoms with E-state index < -0.39 is 89.9 Å². The number of Topliss-reactive ketones (excluding diaryl/α,β-unsaturated/α-hetero) is 1. The Morgan fingerprint density at radius 1 is 0.860 bits per heavy atom. The maximum absolute atomic E-state index is 14.1. The molecule has 0 aromatic heterocycles. The van der Waals surface area contributed by atoms with Crippen LogP contribution in [-0.4, -0.2) is 125 Å². The summed E-state index contributed by atoms with van der Waals surface area (Å²) in [6.45, 7) is 20.8. The number of rotatable bonds is 8. The van der Waals surface area contributed by atoms with E-state index in [9.17, 15) is 24.9 Å². The molecule has 0 aliphatic carbocycles. The van der Waals surface area contributed by atoms with Crippen molar-refractivity contribution in [2.24, 2.45) is 29.6 Å². The summed E-state index contributed by atoms with van der Waals surface area (Å²) in [5.74, 6) is -4.29. The molecule has 12 heteroatoms. The highest BCUT2D eigenvalue weighted by Gasteiger charge is 2.51. The number of cyclic esters (lactones) is 1. The molecule has 3 aliphatic rings. The number of esters is 1. The van der Waals surface area contributed by atoms with Crippen LogP contribution in [0.25, 0.3) is 0 Å². The second-order valence-electron chi connectivity index (χ2n) is 16.3. The molecule has 0 aromatic rings. The Hall–Kier alpha value is -1.22. The lowest BCUT2D eigenvalue weighted by Crippen LogP contribution is -2.60. The molecule has 3 aliphatic heterocycles. The molecule has 3 heterocycles. The zero-order valence-electron chi connectivity index (χ0n) is 33.0. The molecular weight excluding hydrogens is 646 g/mol. The zero-order valence-corrected chi connectivity index (χ0v) is 33.0. The van der Waals surface area contributed by atoms with Gasteiger partial charge in [0.05, 0.1) is 47.6 Å². The molecule has 292 valence electrons. The number of aliphatic hydroxyl groups excluding tert-OH is 2. The van der Waals surface area contributed by atoms with Crippen molar-refractivity contribution in [2.45, 2.75) is 181 Å². The number of carbonyl (C=O) groups is 2. The summed E-state index contributed by atoms with van der Waals surface area (Å²) < 4.78 is 37.9. The average Bonchev–Trinajstić information content (AvgIpc) is 3.06.